The van der Waals surface area contributed by atoms with Crippen LogP contribution in [-0.2, 0) is 0 Å². The molecule has 0 unspecified atom stereocenters. The molecule has 0 fully saturated rings. The van der Waals surface area contributed by atoms with Crippen molar-refractivity contribution in [3.8, 4) is 0 Å². The van der Waals surface area contributed by atoms with Gasteiger partial charge in [-0.15, -0.1) is 0 Å². The average molecular weight is 393 g/mol. The van der Waals surface area contributed by atoms with Crippen molar-refractivity contribution in [2.24, 2.45) is 0 Å². The van der Waals surface area contributed by atoms with E-state index in [0.717, 1.165) is 62.1 Å². The first kappa shape index (κ1) is 21.3. The molecule has 30 heavy (non-hydrogen) atoms. The molecule has 0 saturated carbocycles. The lowest BCUT2D eigenvalue weighted by Crippen LogP contribution is -2.01. The molecule has 3 rings (SSSR count). The van der Waals surface area contributed by atoms with Crippen LogP contribution in [0.1, 0.15) is 65.4 Å². The maximum Gasteiger partial charge on any atom is 0.151 e. The largest absolute Gasteiger partial charge is 0.298 e. The summed E-state index contributed by atoms with van der Waals surface area (Å²) in [7, 11) is 0. The molecule has 0 aromatic heterocycles. The van der Waals surface area contributed by atoms with Gasteiger partial charge in [0.05, 0.1) is 0 Å². The van der Waals surface area contributed by atoms with E-state index in [1.807, 2.05) is 32.1 Å². The number of aldehydes is 1. The summed E-state index contributed by atoms with van der Waals surface area (Å²) in [5.74, 6) is 0. The number of rotatable bonds is 7. The fourth-order valence-corrected chi connectivity index (χ4v) is 4.26. The summed E-state index contributed by atoms with van der Waals surface area (Å²) < 4.78 is 0. The third-order valence-electron chi connectivity index (χ3n) is 5.42. The van der Waals surface area contributed by atoms with Crippen LogP contribution < -0.4 is 0 Å². The Morgan fingerprint density at radius 3 is 1.83 bits per heavy atom. The SMILES string of the molecule is C=Cc1c(C=O)c(/C=C\CC)c2c(c1/C=C\C)c(/C=C\C)c(C=C)c1ccccc12. The predicted molar refractivity (Wildman–Crippen MR) is 136 cm³/mol. The minimum atomic E-state index is 0.679. The number of hydrogen-bond acceptors (Lipinski definition) is 1. The van der Waals surface area contributed by atoms with Crippen LogP contribution in [0, 0.1) is 0 Å². The van der Waals surface area contributed by atoms with E-state index in [4.69, 9.17) is 0 Å². The highest BCUT2D eigenvalue weighted by atomic mass is 16.1. The van der Waals surface area contributed by atoms with Crippen molar-refractivity contribution in [2.45, 2.75) is 27.2 Å². The molecule has 0 aliphatic carbocycles. The Morgan fingerprint density at radius 1 is 0.733 bits per heavy atom. The number of allylic oxidation sites excluding steroid dienone is 3. The van der Waals surface area contributed by atoms with E-state index in [1.54, 1.807) is 6.08 Å². The fourth-order valence-electron chi connectivity index (χ4n) is 4.26. The van der Waals surface area contributed by atoms with E-state index in [1.165, 1.54) is 0 Å². The number of hydrogen-bond donors (Lipinski definition) is 0. The molecular weight excluding hydrogens is 364 g/mol. The summed E-state index contributed by atoms with van der Waals surface area (Å²) >= 11 is 0. The summed E-state index contributed by atoms with van der Waals surface area (Å²) in [5.41, 5.74) is 5.71. The quantitative estimate of drug-likeness (QED) is 0.291. The molecule has 0 amide bonds. The highest BCUT2D eigenvalue weighted by Gasteiger charge is 2.21. The molecule has 0 saturated heterocycles. The summed E-state index contributed by atoms with van der Waals surface area (Å²) in [5, 5.41) is 4.47. The second kappa shape index (κ2) is 9.37. The Balaban J connectivity index is 2.86. The molecule has 3 aromatic carbocycles. The lowest BCUT2D eigenvalue weighted by Gasteiger charge is -2.21. The fraction of sp³-hybridized carbons (Fsp3) is 0.138. The third-order valence-corrected chi connectivity index (χ3v) is 5.42. The van der Waals surface area contributed by atoms with Crippen molar-refractivity contribution in [2.75, 3.05) is 0 Å². The lowest BCUT2D eigenvalue weighted by atomic mass is 9.82. The maximum atomic E-state index is 12.3. The van der Waals surface area contributed by atoms with Crippen molar-refractivity contribution in [3.05, 3.63) is 89.0 Å². The van der Waals surface area contributed by atoms with Gasteiger partial charge in [-0.2, -0.15) is 0 Å². The number of benzene rings is 3. The molecule has 0 radical (unpaired) electrons. The zero-order valence-corrected chi connectivity index (χ0v) is 18.0. The standard InChI is InChI=1S/C29H28O/c1-6-11-16-26-27(19-30)21(10-5)24(15-8-3)28-23(14-7-2)20(9-4)22-17-12-13-18-25(22)29(26)28/h7-19H,4-6H2,1-3H3/b14-7-,15-8-,16-11-. The van der Waals surface area contributed by atoms with Crippen LogP contribution in [-0.4, -0.2) is 6.29 Å². The Labute approximate surface area is 179 Å². The molecule has 0 aliphatic rings. The Kier molecular flexibility index (Phi) is 6.64. The molecule has 0 spiro atoms. The van der Waals surface area contributed by atoms with Crippen LogP contribution in [0.2, 0.25) is 0 Å². The van der Waals surface area contributed by atoms with Gasteiger partial charge in [-0.3, -0.25) is 4.79 Å². The normalized spacial score (nSPS) is 12.0. The van der Waals surface area contributed by atoms with Crippen LogP contribution in [0.5, 0.6) is 0 Å². The van der Waals surface area contributed by atoms with E-state index in [-0.39, 0.29) is 0 Å². The van der Waals surface area contributed by atoms with Crippen molar-refractivity contribution in [1.29, 1.82) is 0 Å². The topological polar surface area (TPSA) is 17.1 Å². The van der Waals surface area contributed by atoms with Gasteiger partial charge in [-0.25, -0.2) is 0 Å². The van der Waals surface area contributed by atoms with Gasteiger partial charge in [0.25, 0.3) is 0 Å². The molecular formula is C29H28O. The number of carbonyl (C=O) groups excluding carboxylic acids is 1. The van der Waals surface area contributed by atoms with Gasteiger partial charge in [0.2, 0.25) is 0 Å². The molecule has 1 heteroatoms. The van der Waals surface area contributed by atoms with Crippen molar-refractivity contribution in [3.63, 3.8) is 0 Å². The Morgan fingerprint density at radius 2 is 1.30 bits per heavy atom. The smallest absolute Gasteiger partial charge is 0.151 e. The molecule has 0 aliphatic heterocycles. The second-order valence-corrected chi connectivity index (χ2v) is 7.11. The zero-order valence-electron chi connectivity index (χ0n) is 18.0. The molecule has 150 valence electrons. The molecule has 0 N–H and O–H groups in total. The summed E-state index contributed by atoms with van der Waals surface area (Å²) in [4.78, 5) is 12.3. The first-order chi connectivity index (χ1) is 14.7. The van der Waals surface area contributed by atoms with E-state index >= 15 is 0 Å². The van der Waals surface area contributed by atoms with Crippen molar-refractivity contribution in [1.82, 2.24) is 0 Å². The summed E-state index contributed by atoms with van der Waals surface area (Å²) in [6.07, 6.45) is 18.1. The second-order valence-electron chi connectivity index (χ2n) is 7.11. The Hall–Kier alpha value is -3.45. The van der Waals surface area contributed by atoms with Crippen LogP contribution in [0.15, 0.2) is 55.7 Å². The lowest BCUT2D eigenvalue weighted by molar-refractivity contribution is 0.112. The van der Waals surface area contributed by atoms with Gasteiger partial charge in [0, 0.05) is 5.56 Å². The Bertz CT molecular complexity index is 1230. The summed E-state index contributed by atoms with van der Waals surface area (Å²) in [6, 6.07) is 8.36. The minimum absolute atomic E-state index is 0.679. The van der Waals surface area contributed by atoms with Crippen LogP contribution in [0.25, 0.3) is 51.9 Å². The van der Waals surface area contributed by atoms with Gasteiger partial charge in [0.15, 0.2) is 6.29 Å². The van der Waals surface area contributed by atoms with Gasteiger partial charge in [-0.05, 0) is 69.6 Å². The van der Waals surface area contributed by atoms with Crippen molar-refractivity contribution >= 4 is 58.2 Å². The van der Waals surface area contributed by atoms with Gasteiger partial charge < -0.3 is 0 Å². The highest BCUT2D eigenvalue weighted by molar-refractivity contribution is 6.22. The van der Waals surface area contributed by atoms with E-state index < -0.39 is 0 Å². The van der Waals surface area contributed by atoms with Crippen LogP contribution in [0.3, 0.4) is 0 Å². The molecule has 0 bridgehead atoms. The molecule has 3 aromatic rings. The average Bonchev–Trinajstić information content (AvgIpc) is 2.77. The molecule has 0 heterocycles. The third kappa shape index (κ3) is 3.37. The van der Waals surface area contributed by atoms with Crippen LogP contribution in [0.4, 0.5) is 0 Å². The monoisotopic (exact) mass is 392 g/mol. The predicted octanol–water partition coefficient (Wildman–Crippen LogP) is 8.58. The van der Waals surface area contributed by atoms with Gasteiger partial charge >= 0.3 is 0 Å². The van der Waals surface area contributed by atoms with Gasteiger partial charge in [-0.1, -0.05) is 93.0 Å². The van der Waals surface area contributed by atoms with E-state index in [0.29, 0.717) is 5.56 Å². The van der Waals surface area contributed by atoms with Crippen LogP contribution >= 0.6 is 0 Å². The zero-order chi connectivity index (χ0) is 21.7. The van der Waals surface area contributed by atoms with E-state index in [2.05, 4.69) is 68.7 Å². The first-order valence-corrected chi connectivity index (χ1v) is 10.4. The number of carbonyl (C=O) groups is 1. The maximum absolute atomic E-state index is 12.3. The minimum Gasteiger partial charge on any atom is -0.298 e. The first-order valence-electron chi connectivity index (χ1n) is 10.4. The highest BCUT2D eigenvalue weighted by Crippen LogP contribution is 2.42. The van der Waals surface area contributed by atoms with Crippen molar-refractivity contribution < 1.29 is 4.79 Å². The van der Waals surface area contributed by atoms with E-state index in [9.17, 15) is 4.79 Å². The molecule has 0 atom stereocenters. The summed E-state index contributed by atoms with van der Waals surface area (Å²) in [6.45, 7) is 14.3. The van der Waals surface area contributed by atoms with Gasteiger partial charge in [0.1, 0.15) is 0 Å². The number of fused-ring (bicyclic) bond motifs is 3. The molecule has 1 nitrogen and oxygen atoms in total.